The van der Waals surface area contributed by atoms with Gasteiger partial charge in [-0.05, 0) is 19.1 Å². The third-order valence-corrected chi connectivity index (χ3v) is 2.12. The van der Waals surface area contributed by atoms with Crippen LogP contribution >= 0.6 is 0 Å². The lowest BCUT2D eigenvalue weighted by Gasteiger charge is -2.09. The molecule has 1 aromatic carbocycles. The van der Waals surface area contributed by atoms with E-state index in [1.54, 1.807) is 33.3 Å². The first kappa shape index (κ1) is 13.1. The summed E-state index contributed by atoms with van der Waals surface area (Å²) in [6, 6.07) is 5.45. The van der Waals surface area contributed by atoms with Crippen molar-refractivity contribution in [3.8, 4) is 11.5 Å². The van der Waals surface area contributed by atoms with Gasteiger partial charge in [0.15, 0.2) is 11.5 Å². The molecule has 0 radical (unpaired) electrons. The van der Waals surface area contributed by atoms with Crippen molar-refractivity contribution in [2.75, 3.05) is 20.8 Å². The second-order valence-electron chi connectivity index (χ2n) is 3.17. The topological polar surface area (TPSA) is 44.8 Å². The Morgan fingerprint density at radius 2 is 2.06 bits per heavy atom. The molecule has 0 atom stereocenters. The second kappa shape index (κ2) is 6.58. The van der Waals surface area contributed by atoms with E-state index in [-0.39, 0.29) is 5.97 Å². The number of rotatable bonds is 5. The van der Waals surface area contributed by atoms with Crippen molar-refractivity contribution >= 4 is 12.0 Å². The largest absolute Gasteiger partial charge is 0.493 e. The Morgan fingerprint density at radius 3 is 2.65 bits per heavy atom. The predicted molar refractivity (Wildman–Crippen MR) is 65.2 cm³/mol. The first-order valence-corrected chi connectivity index (χ1v) is 5.28. The Hall–Kier alpha value is -1.97. The molecule has 0 saturated carbocycles. The van der Waals surface area contributed by atoms with E-state index in [0.29, 0.717) is 18.1 Å². The van der Waals surface area contributed by atoms with Gasteiger partial charge in [-0.15, -0.1) is 0 Å². The van der Waals surface area contributed by atoms with Crippen molar-refractivity contribution in [1.29, 1.82) is 0 Å². The highest BCUT2D eigenvalue weighted by Gasteiger charge is 2.07. The summed E-state index contributed by atoms with van der Waals surface area (Å²) in [6.07, 6.45) is 3.00. The minimum Gasteiger partial charge on any atom is -0.493 e. The first-order chi connectivity index (χ1) is 8.22. The molecule has 0 spiro atoms. The van der Waals surface area contributed by atoms with Crippen LogP contribution in [0.2, 0.25) is 0 Å². The van der Waals surface area contributed by atoms with Crippen molar-refractivity contribution in [2.24, 2.45) is 0 Å². The first-order valence-electron chi connectivity index (χ1n) is 5.28. The van der Waals surface area contributed by atoms with Gasteiger partial charge in [0, 0.05) is 11.6 Å². The molecule has 4 nitrogen and oxygen atoms in total. The number of methoxy groups -OCH3 is 2. The molecule has 0 unspecified atom stereocenters. The Bertz CT molecular complexity index is 410. The van der Waals surface area contributed by atoms with Crippen molar-refractivity contribution in [3.05, 3.63) is 29.8 Å². The smallest absolute Gasteiger partial charge is 0.330 e. The lowest BCUT2D eigenvalue weighted by atomic mass is 10.1. The van der Waals surface area contributed by atoms with Crippen LogP contribution in [0.25, 0.3) is 6.08 Å². The number of esters is 1. The fourth-order valence-corrected chi connectivity index (χ4v) is 1.39. The van der Waals surface area contributed by atoms with E-state index in [9.17, 15) is 4.79 Å². The van der Waals surface area contributed by atoms with Crippen LogP contribution in [-0.4, -0.2) is 26.8 Å². The zero-order valence-electron chi connectivity index (χ0n) is 10.2. The molecule has 0 saturated heterocycles. The van der Waals surface area contributed by atoms with Gasteiger partial charge < -0.3 is 14.2 Å². The van der Waals surface area contributed by atoms with Gasteiger partial charge in [-0.1, -0.05) is 12.1 Å². The van der Waals surface area contributed by atoms with Crippen LogP contribution in [0.15, 0.2) is 24.3 Å². The zero-order chi connectivity index (χ0) is 12.7. The van der Waals surface area contributed by atoms with E-state index < -0.39 is 0 Å². The van der Waals surface area contributed by atoms with Gasteiger partial charge in [0.2, 0.25) is 0 Å². The maximum atomic E-state index is 11.2. The fourth-order valence-electron chi connectivity index (χ4n) is 1.39. The maximum Gasteiger partial charge on any atom is 0.330 e. The van der Waals surface area contributed by atoms with Crippen LogP contribution in [0.4, 0.5) is 0 Å². The maximum absolute atomic E-state index is 11.2. The molecule has 1 rings (SSSR count). The molecular formula is C13H16O4. The third-order valence-electron chi connectivity index (χ3n) is 2.12. The molecule has 4 heteroatoms. The van der Waals surface area contributed by atoms with E-state index in [1.165, 1.54) is 6.08 Å². The average molecular weight is 236 g/mol. The highest BCUT2D eigenvalue weighted by Crippen LogP contribution is 2.31. The highest BCUT2D eigenvalue weighted by molar-refractivity contribution is 5.87. The lowest BCUT2D eigenvalue weighted by Crippen LogP contribution is -1.99. The van der Waals surface area contributed by atoms with E-state index >= 15 is 0 Å². The molecule has 92 valence electrons. The quantitative estimate of drug-likeness (QED) is 0.581. The standard InChI is InChI=1S/C13H16O4/c1-4-17-12(14)9-8-10-6-5-7-11(15-2)13(10)16-3/h5-9H,4H2,1-3H3/b9-8+. The summed E-state index contributed by atoms with van der Waals surface area (Å²) in [4.78, 5) is 11.2. The molecule has 0 aliphatic carbocycles. The number of carbonyl (C=O) groups is 1. The lowest BCUT2D eigenvalue weighted by molar-refractivity contribution is -0.137. The van der Waals surface area contributed by atoms with E-state index in [4.69, 9.17) is 14.2 Å². The Morgan fingerprint density at radius 1 is 1.29 bits per heavy atom. The number of para-hydroxylation sites is 1. The van der Waals surface area contributed by atoms with Crippen LogP contribution in [0.1, 0.15) is 12.5 Å². The molecule has 17 heavy (non-hydrogen) atoms. The minimum atomic E-state index is -0.377. The molecule has 0 bridgehead atoms. The second-order valence-corrected chi connectivity index (χ2v) is 3.17. The molecule has 0 N–H and O–H groups in total. The summed E-state index contributed by atoms with van der Waals surface area (Å²) < 4.78 is 15.2. The van der Waals surface area contributed by atoms with Crippen LogP contribution in [0.3, 0.4) is 0 Å². The summed E-state index contributed by atoms with van der Waals surface area (Å²) in [7, 11) is 3.12. The Labute approximate surface area is 101 Å². The fraction of sp³-hybridized carbons (Fsp3) is 0.308. The number of ether oxygens (including phenoxy) is 3. The van der Waals surface area contributed by atoms with Crippen molar-refractivity contribution in [2.45, 2.75) is 6.92 Å². The monoisotopic (exact) mass is 236 g/mol. The molecule has 0 aromatic heterocycles. The molecule has 0 aliphatic rings. The summed E-state index contributed by atoms with van der Waals surface area (Å²) in [5.41, 5.74) is 0.764. The number of hydrogen-bond donors (Lipinski definition) is 0. The molecule has 0 fully saturated rings. The van der Waals surface area contributed by atoms with Gasteiger partial charge in [-0.2, -0.15) is 0 Å². The Balaban J connectivity index is 2.94. The van der Waals surface area contributed by atoms with Crippen molar-refractivity contribution in [3.63, 3.8) is 0 Å². The highest BCUT2D eigenvalue weighted by atomic mass is 16.5. The predicted octanol–water partition coefficient (Wildman–Crippen LogP) is 2.28. The average Bonchev–Trinajstić information content (AvgIpc) is 2.36. The van der Waals surface area contributed by atoms with Crippen molar-refractivity contribution in [1.82, 2.24) is 0 Å². The van der Waals surface area contributed by atoms with Crippen LogP contribution in [-0.2, 0) is 9.53 Å². The molecule has 0 aliphatic heterocycles. The van der Waals surface area contributed by atoms with Crippen LogP contribution in [0.5, 0.6) is 11.5 Å². The van der Waals surface area contributed by atoms with Gasteiger partial charge in [-0.3, -0.25) is 0 Å². The van der Waals surface area contributed by atoms with Gasteiger partial charge in [0.25, 0.3) is 0 Å². The summed E-state index contributed by atoms with van der Waals surface area (Å²) in [5, 5.41) is 0. The minimum absolute atomic E-state index is 0.360. The Kier molecular flexibility index (Phi) is 5.07. The summed E-state index contributed by atoms with van der Waals surface area (Å²) in [5.74, 6) is 0.839. The molecule has 1 aromatic rings. The third kappa shape index (κ3) is 3.52. The van der Waals surface area contributed by atoms with Gasteiger partial charge in [-0.25, -0.2) is 4.79 Å². The number of carbonyl (C=O) groups excluding carboxylic acids is 1. The molecular weight excluding hydrogens is 220 g/mol. The number of benzene rings is 1. The zero-order valence-corrected chi connectivity index (χ0v) is 10.2. The number of hydrogen-bond acceptors (Lipinski definition) is 4. The van der Waals surface area contributed by atoms with E-state index in [2.05, 4.69) is 0 Å². The van der Waals surface area contributed by atoms with Crippen molar-refractivity contribution < 1.29 is 19.0 Å². The molecule has 0 amide bonds. The van der Waals surface area contributed by atoms with Crippen LogP contribution < -0.4 is 9.47 Å². The van der Waals surface area contributed by atoms with Gasteiger partial charge >= 0.3 is 5.97 Å². The normalized spacial score (nSPS) is 10.3. The summed E-state index contributed by atoms with van der Waals surface area (Å²) in [6.45, 7) is 2.12. The SMILES string of the molecule is CCOC(=O)/C=C/c1cccc(OC)c1OC. The molecule has 0 heterocycles. The van der Waals surface area contributed by atoms with E-state index in [1.807, 2.05) is 12.1 Å². The van der Waals surface area contributed by atoms with Gasteiger partial charge in [0.05, 0.1) is 20.8 Å². The van der Waals surface area contributed by atoms with E-state index in [0.717, 1.165) is 5.56 Å². The van der Waals surface area contributed by atoms with Gasteiger partial charge in [0.1, 0.15) is 0 Å². The van der Waals surface area contributed by atoms with Crippen LogP contribution in [0, 0.1) is 0 Å². The summed E-state index contributed by atoms with van der Waals surface area (Å²) >= 11 is 0.